The number of hydrogen-bond acceptors (Lipinski definition) is 3. The van der Waals surface area contributed by atoms with E-state index >= 15 is 0 Å². The maximum atomic E-state index is 6.07. The first-order chi connectivity index (χ1) is 10.5. The summed E-state index contributed by atoms with van der Waals surface area (Å²) >= 11 is 6.07. The van der Waals surface area contributed by atoms with Crippen LogP contribution in [-0.2, 0) is 0 Å². The summed E-state index contributed by atoms with van der Waals surface area (Å²) < 4.78 is 0. The fourth-order valence-electron chi connectivity index (χ4n) is 3.31. The first-order valence-corrected chi connectivity index (χ1v) is 8.46. The van der Waals surface area contributed by atoms with Crippen molar-refractivity contribution in [3.63, 3.8) is 0 Å². The van der Waals surface area contributed by atoms with Crippen molar-refractivity contribution in [2.24, 2.45) is 0 Å². The van der Waals surface area contributed by atoms with Gasteiger partial charge >= 0.3 is 0 Å². The van der Waals surface area contributed by atoms with Crippen LogP contribution in [0.5, 0.6) is 0 Å². The topological polar surface area (TPSA) is 28.2 Å². The number of aromatic nitrogens is 1. The molecule has 1 aliphatic heterocycles. The molecule has 0 aliphatic carbocycles. The van der Waals surface area contributed by atoms with Crippen LogP contribution in [0.25, 0.3) is 10.9 Å². The lowest BCUT2D eigenvalue weighted by molar-refractivity contribution is 0.199. The molecule has 0 atom stereocenters. The van der Waals surface area contributed by atoms with Crippen molar-refractivity contribution in [3.8, 4) is 0 Å². The van der Waals surface area contributed by atoms with Gasteiger partial charge in [-0.05, 0) is 64.0 Å². The second-order valence-electron chi connectivity index (χ2n) is 6.87. The average Bonchev–Trinajstić information content (AvgIpc) is 2.47. The van der Waals surface area contributed by atoms with Crippen LogP contribution in [0.4, 0.5) is 5.69 Å². The Morgan fingerprint density at radius 1 is 1.18 bits per heavy atom. The molecule has 1 N–H and O–H groups in total. The molecule has 1 saturated heterocycles. The SMILES string of the molecule is CC(C)(CN1CCCCC1)Nc1ccnc2cc(Cl)ccc12. The van der Waals surface area contributed by atoms with E-state index in [1.165, 1.54) is 32.4 Å². The minimum Gasteiger partial charge on any atom is -0.378 e. The molecule has 0 unspecified atom stereocenters. The van der Waals surface area contributed by atoms with Gasteiger partial charge in [0.2, 0.25) is 0 Å². The van der Waals surface area contributed by atoms with Crippen LogP contribution < -0.4 is 5.32 Å². The Bertz CT molecular complexity index is 648. The third-order valence-corrected chi connectivity index (χ3v) is 4.48. The van der Waals surface area contributed by atoms with Crippen LogP contribution in [0.2, 0.25) is 5.02 Å². The molecule has 0 amide bonds. The van der Waals surface area contributed by atoms with Gasteiger partial charge in [0.15, 0.2) is 0 Å². The normalized spacial score (nSPS) is 16.9. The first-order valence-electron chi connectivity index (χ1n) is 8.08. The van der Waals surface area contributed by atoms with Crippen molar-refractivity contribution in [3.05, 3.63) is 35.5 Å². The van der Waals surface area contributed by atoms with Crippen LogP contribution in [0.15, 0.2) is 30.5 Å². The van der Waals surface area contributed by atoms with E-state index < -0.39 is 0 Å². The van der Waals surface area contributed by atoms with Crippen LogP contribution in [0.1, 0.15) is 33.1 Å². The van der Waals surface area contributed by atoms with Crippen molar-refractivity contribution in [1.82, 2.24) is 9.88 Å². The molecule has 1 aliphatic rings. The van der Waals surface area contributed by atoms with E-state index in [2.05, 4.69) is 29.0 Å². The summed E-state index contributed by atoms with van der Waals surface area (Å²) in [6.07, 6.45) is 5.87. The van der Waals surface area contributed by atoms with Crippen molar-refractivity contribution in [1.29, 1.82) is 0 Å². The van der Waals surface area contributed by atoms with E-state index in [0.717, 1.165) is 28.2 Å². The molecule has 0 saturated carbocycles. The Morgan fingerprint density at radius 3 is 2.73 bits per heavy atom. The van der Waals surface area contributed by atoms with Gasteiger partial charge in [0.25, 0.3) is 0 Å². The second kappa shape index (κ2) is 6.43. The average molecular weight is 318 g/mol. The van der Waals surface area contributed by atoms with Gasteiger partial charge in [-0.15, -0.1) is 0 Å². The molecule has 1 aromatic carbocycles. The number of rotatable bonds is 4. The van der Waals surface area contributed by atoms with Crippen molar-refractivity contribution >= 4 is 28.2 Å². The summed E-state index contributed by atoms with van der Waals surface area (Å²) in [6, 6.07) is 7.94. The quantitative estimate of drug-likeness (QED) is 0.895. The van der Waals surface area contributed by atoms with E-state index in [9.17, 15) is 0 Å². The van der Waals surface area contributed by atoms with Gasteiger partial charge in [-0.2, -0.15) is 0 Å². The Balaban J connectivity index is 1.79. The number of anilines is 1. The summed E-state index contributed by atoms with van der Waals surface area (Å²) in [5.41, 5.74) is 2.08. The number of benzene rings is 1. The zero-order valence-corrected chi connectivity index (χ0v) is 14.2. The number of fused-ring (bicyclic) bond motifs is 1. The first kappa shape index (κ1) is 15.6. The highest BCUT2D eigenvalue weighted by Crippen LogP contribution is 2.27. The summed E-state index contributed by atoms with van der Waals surface area (Å²) in [7, 11) is 0. The van der Waals surface area contributed by atoms with E-state index in [1.807, 2.05) is 30.5 Å². The Labute approximate surface area is 137 Å². The number of pyridine rings is 1. The third kappa shape index (κ3) is 3.71. The van der Waals surface area contributed by atoms with Crippen LogP contribution >= 0.6 is 11.6 Å². The van der Waals surface area contributed by atoms with Gasteiger partial charge < -0.3 is 10.2 Å². The number of nitrogens with one attached hydrogen (secondary N) is 1. The smallest absolute Gasteiger partial charge is 0.0737 e. The van der Waals surface area contributed by atoms with Gasteiger partial charge in [-0.25, -0.2) is 0 Å². The summed E-state index contributed by atoms with van der Waals surface area (Å²) in [5.74, 6) is 0. The van der Waals surface area contributed by atoms with E-state index in [4.69, 9.17) is 11.6 Å². The number of halogens is 1. The molecule has 22 heavy (non-hydrogen) atoms. The minimum atomic E-state index is 0.0191. The summed E-state index contributed by atoms with van der Waals surface area (Å²) in [4.78, 5) is 6.98. The van der Waals surface area contributed by atoms with Gasteiger partial charge in [0, 0.05) is 34.4 Å². The molecule has 2 heterocycles. The monoisotopic (exact) mass is 317 g/mol. The number of likely N-dealkylation sites (tertiary alicyclic amines) is 1. The maximum absolute atomic E-state index is 6.07. The number of nitrogens with zero attached hydrogens (tertiary/aromatic N) is 2. The predicted molar refractivity (Wildman–Crippen MR) is 94.7 cm³/mol. The van der Waals surface area contributed by atoms with E-state index in [1.54, 1.807) is 0 Å². The molecule has 0 bridgehead atoms. The van der Waals surface area contributed by atoms with Crippen molar-refractivity contribution in [2.75, 3.05) is 25.0 Å². The Kier molecular flexibility index (Phi) is 4.55. The zero-order chi connectivity index (χ0) is 15.6. The Morgan fingerprint density at radius 2 is 1.95 bits per heavy atom. The zero-order valence-electron chi connectivity index (χ0n) is 13.4. The molecule has 3 rings (SSSR count). The standard InChI is InChI=1S/C18H24ClN3/c1-18(2,13-22-10-4-3-5-11-22)21-16-8-9-20-17-12-14(19)6-7-15(16)17/h6-9,12H,3-5,10-11,13H2,1-2H3,(H,20,21). The van der Waals surface area contributed by atoms with E-state index in [-0.39, 0.29) is 5.54 Å². The molecule has 118 valence electrons. The maximum Gasteiger partial charge on any atom is 0.0737 e. The minimum absolute atomic E-state index is 0.0191. The lowest BCUT2D eigenvalue weighted by Crippen LogP contribution is -2.46. The van der Waals surface area contributed by atoms with Gasteiger partial charge in [-0.1, -0.05) is 18.0 Å². The van der Waals surface area contributed by atoms with Crippen LogP contribution in [0.3, 0.4) is 0 Å². The summed E-state index contributed by atoms with van der Waals surface area (Å²) in [5, 5.41) is 5.55. The lowest BCUT2D eigenvalue weighted by Gasteiger charge is -2.36. The Hall–Kier alpha value is -1.32. The van der Waals surface area contributed by atoms with Gasteiger partial charge in [0.05, 0.1) is 5.52 Å². The largest absolute Gasteiger partial charge is 0.378 e. The molecule has 1 fully saturated rings. The highest BCUT2D eigenvalue weighted by atomic mass is 35.5. The highest BCUT2D eigenvalue weighted by molar-refractivity contribution is 6.31. The van der Waals surface area contributed by atoms with Crippen molar-refractivity contribution < 1.29 is 0 Å². The molecule has 3 nitrogen and oxygen atoms in total. The lowest BCUT2D eigenvalue weighted by atomic mass is 10.0. The second-order valence-corrected chi connectivity index (χ2v) is 7.30. The molecule has 2 aromatic rings. The van der Waals surface area contributed by atoms with E-state index in [0.29, 0.717) is 0 Å². The third-order valence-electron chi connectivity index (χ3n) is 4.25. The van der Waals surface area contributed by atoms with Crippen LogP contribution in [0, 0.1) is 0 Å². The number of piperidine rings is 1. The molecule has 4 heteroatoms. The molecular formula is C18H24ClN3. The molecule has 0 spiro atoms. The highest BCUT2D eigenvalue weighted by Gasteiger charge is 2.23. The van der Waals surface area contributed by atoms with Crippen molar-refractivity contribution in [2.45, 2.75) is 38.6 Å². The fourth-order valence-corrected chi connectivity index (χ4v) is 3.48. The van der Waals surface area contributed by atoms with Gasteiger partial charge in [-0.3, -0.25) is 4.98 Å². The van der Waals surface area contributed by atoms with Crippen LogP contribution in [-0.4, -0.2) is 35.1 Å². The predicted octanol–water partition coefficient (Wildman–Crippen LogP) is 4.56. The molecule has 0 radical (unpaired) electrons. The summed E-state index contributed by atoms with van der Waals surface area (Å²) in [6.45, 7) is 8.04. The number of hydrogen-bond donors (Lipinski definition) is 1. The molecular weight excluding hydrogens is 294 g/mol. The van der Waals surface area contributed by atoms with Gasteiger partial charge in [0.1, 0.15) is 0 Å². The molecule has 1 aromatic heterocycles. The fraction of sp³-hybridized carbons (Fsp3) is 0.500.